The maximum atomic E-state index is 5.67. The summed E-state index contributed by atoms with van der Waals surface area (Å²) >= 11 is 0. The molecule has 4 rings (SSSR count). The summed E-state index contributed by atoms with van der Waals surface area (Å²) in [6.45, 7) is 0. The number of nitrogen functional groups attached to an aromatic ring is 1. The van der Waals surface area contributed by atoms with Crippen molar-refractivity contribution in [2.24, 2.45) is 0 Å². The van der Waals surface area contributed by atoms with Gasteiger partial charge in [0.1, 0.15) is 11.8 Å². The minimum absolute atomic E-state index is 0.437. The molecule has 4 aromatic rings. The summed E-state index contributed by atoms with van der Waals surface area (Å²) in [5, 5.41) is 4.96. The number of hydrogen-bond donors (Lipinski definition) is 1. The third kappa shape index (κ3) is 1.95. The van der Waals surface area contributed by atoms with Gasteiger partial charge in [-0.3, -0.25) is 0 Å². The Bertz CT molecular complexity index is 907. The summed E-state index contributed by atoms with van der Waals surface area (Å²) in [5.74, 6) is 0.960. The maximum absolute atomic E-state index is 5.67. The Hall–Kier alpha value is -3.08. The van der Waals surface area contributed by atoms with Gasteiger partial charge in [-0.2, -0.15) is 4.98 Å². The Kier molecular flexibility index (Phi) is 2.50. The molecule has 0 amide bonds. The van der Waals surface area contributed by atoms with E-state index in [0.29, 0.717) is 17.4 Å². The van der Waals surface area contributed by atoms with Gasteiger partial charge in [-0.25, -0.2) is 0 Å². The molecule has 21 heavy (non-hydrogen) atoms. The van der Waals surface area contributed by atoms with Gasteiger partial charge in [-0.15, -0.1) is 0 Å². The molecule has 0 radical (unpaired) electrons. The minimum Gasteiger partial charge on any atom is -0.463 e. The van der Waals surface area contributed by atoms with Gasteiger partial charge >= 0.3 is 0 Å². The van der Waals surface area contributed by atoms with Crippen molar-refractivity contribution in [3.05, 3.63) is 54.8 Å². The van der Waals surface area contributed by atoms with Crippen LogP contribution in [0, 0.1) is 0 Å². The van der Waals surface area contributed by atoms with E-state index >= 15 is 0 Å². The molecule has 0 bridgehead atoms. The largest absolute Gasteiger partial charge is 0.463 e. The molecule has 0 spiro atoms. The second-order valence-electron chi connectivity index (χ2n) is 4.69. The lowest BCUT2D eigenvalue weighted by Crippen LogP contribution is -1.85. The second kappa shape index (κ2) is 4.49. The van der Waals surface area contributed by atoms with Gasteiger partial charge in [0, 0.05) is 16.6 Å². The van der Waals surface area contributed by atoms with Gasteiger partial charge in [0.05, 0.1) is 5.56 Å². The molecule has 5 nitrogen and oxygen atoms in total. The summed E-state index contributed by atoms with van der Waals surface area (Å²) in [6, 6.07) is 15.0. The van der Waals surface area contributed by atoms with Crippen molar-refractivity contribution in [1.82, 2.24) is 10.1 Å². The van der Waals surface area contributed by atoms with Crippen LogP contribution in [0.15, 0.2) is 63.7 Å². The van der Waals surface area contributed by atoms with E-state index in [0.717, 1.165) is 22.1 Å². The fourth-order valence-electron chi connectivity index (χ4n) is 2.23. The lowest BCUT2D eigenvalue weighted by molar-refractivity contribution is 0.432. The summed E-state index contributed by atoms with van der Waals surface area (Å²) in [6.07, 6.45) is 1.63. The number of anilines is 1. The topological polar surface area (TPSA) is 78.1 Å². The lowest BCUT2D eigenvalue weighted by atomic mass is 10.2. The number of hydrogen-bond acceptors (Lipinski definition) is 5. The Balaban J connectivity index is 1.79. The number of fused-ring (bicyclic) bond motifs is 1. The fraction of sp³-hybridized carbons (Fsp3) is 0. The number of furan rings is 1. The van der Waals surface area contributed by atoms with Crippen LogP contribution in [0.25, 0.3) is 33.8 Å². The first-order chi connectivity index (χ1) is 10.3. The molecule has 2 aromatic carbocycles. The first-order valence-corrected chi connectivity index (χ1v) is 6.47. The highest BCUT2D eigenvalue weighted by molar-refractivity contribution is 5.91. The minimum atomic E-state index is 0.437. The fourth-order valence-corrected chi connectivity index (χ4v) is 2.23. The van der Waals surface area contributed by atoms with E-state index < -0.39 is 0 Å². The number of benzene rings is 2. The third-order valence-corrected chi connectivity index (χ3v) is 3.31. The first-order valence-electron chi connectivity index (χ1n) is 6.47. The Morgan fingerprint density at radius 3 is 2.62 bits per heavy atom. The van der Waals surface area contributed by atoms with Crippen molar-refractivity contribution in [2.75, 3.05) is 5.73 Å². The van der Waals surface area contributed by atoms with Gasteiger partial charge in [0.15, 0.2) is 0 Å². The van der Waals surface area contributed by atoms with E-state index in [2.05, 4.69) is 10.1 Å². The predicted octanol–water partition coefficient (Wildman–Crippen LogP) is 3.73. The van der Waals surface area contributed by atoms with Crippen LogP contribution in [0.1, 0.15) is 0 Å². The Labute approximate surface area is 120 Å². The summed E-state index contributed by atoms with van der Waals surface area (Å²) < 4.78 is 10.8. The molecule has 2 N–H and O–H groups in total. The monoisotopic (exact) mass is 277 g/mol. The van der Waals surface area contributed by atoms with Gasteiger partial charge in [0.25, 0.3) is 5.89 Å². The number of para-hydroxylation sites is 1. The molecule has 0 aliphatic carbocycles. The van der Waals surface area contributed by atoms with Crippen LogP contribution >= 0.6 is 0 Å². The molecule has 0 fully saturated rings. The van der Waals surface area contributed by atoms with E-state index in [-0.39, 0.29) is 0 Å². The van der Waals surface area contributed by atoms with Crippen molar-refractivity contribution < 1.29 is 8.94 Å². The number of rotatable bonds is 2. The van der Waals surface area contributed by atoms with Crippen molar-refractivity contribution >= 4 is 16.7 Å². The third-order valence-electron chi connectivity index (χ3n) is 3.31. The zero-order valence-corrected chi connectivity index (χ0v) is 11.0. The summed E-state index contributed by atoms with van der Waals surface area (Å²) in [4.78, 5) is 4.42. The molecule has 0 saturated heterocycles. The molecular weight excluding hydrogens is 266 g/mol. The summed E-state index contributed by atoms with van der Waals surface area (Å²) in [5.41, 5.74) is 8.81. The van der Waals surface area contributed by atoms with Crippen LogP contribution < -0.4 is 5.73 Å². The quantitative estimate of drug-likeness (QED) is 0.565. The van der Waals surface area contributed by atoms with Gasteiger partial charge in [0.2, 0.25) is 5.82 Å². The standard InChI is InChI=1S/C16H11N3O2/c17-11-7-5-10(6-8-11)15-18-16(21-19-15)13-9-20-14-4-2-1-3-12(13)14/h1-9H,17H2. The molecule has 0 unspecified atom stereocenters. The molecule has 102 valence electrons. The molecule has 5 heteroatoms. The highest BCUT2D eigenvalue weighted by Crippen LogP contribution is 2.30. The van der Waals surface area contributed by atoms with Crippen molar-refractivity contribution in [3.63, 3.8) is 0 Å². The normalized spacial score (nSPS) is 11.0. The SMILES string of the molecule is Nc1ccc(-c2noc(-c3coc4ccccc34)n2)cc1. The zero-order chi connectivity index (χ0) is 14.2. The van der Waals surface area contributed by atoms with Crippen molar-refractivity contribution in [3.8, 4) is 22.8 Å². The molecule has 0 atom stereocenters. The molecule has 0 aliphatic heterocycles. The van der Waals surface area contributed by atoms with E-state index in [1.165, 1.54) is 0 Å². The highest BCUT2D eigenvalue weighted by Gasteiger charge is 2.15. The van der Waals surface area contributed by atoms with E-state index in [9.17, 15) is 0 Å². The van der Waals surface area contributed by atoms with Crippen LogP contribution in [-0.2, 0) is 0 Å². The van der Waals surface area contributed by atoms with Crippen LogP contribution in [0.5, 0.6) is 0 Å². The molecular formula is C16H11N3O2. The van der Waals surface area contributed by atoms with Crippen LogP contribution in [-0.4, -0.2) is 10.1 Å². The van der Waals surface area contributed by atoms with Gasteiger partial charge < -0.3 is 14.7 Å². The van der Waals surface area contributed by atoms with Gasteiger partial charge in [-0.1, -0.05) is 23.4 Å². The van der Waals surface area contributed by atoms with Crippen LogP contribution in [0.3, 0.4) is 0 Å². The zero-order valence-electron chi connectivity index (χ0n) is 11.0. The van der Waals surface area contributed by atoms with Crippen molar-refractivity contribution in [1.29, 1.82) is 0 Å². The van der Waals surface area contributed by atoms with Crippen molar-refractivity contribution in [2.45, 2.75) is 0 Å². The van der Waals surface area contributed by atoms with Crippen LogP contribution in [0.2, 0.25) is 0 Å². The lowest BCUT2D eigenvalue weighted by Gasteiger charge is -1.94. The maximum Gasteiger partial charge on any atom is 0.262 e. The molecule has 0 aliphatic rings. The average molecular weight is 277 g/mol. The number of nitrogens with two attached hydrogens (primary N) is 1. The predicted molar refractivity (Wildman–Crippen MR) is 79.4 cm³/mol. The first kappa shape index (κ1) is 11.7. The molecule has 0 saturated carbocycles. The highest BCUT2D eigenvalue weighted by atomic mass is 16.5. The smallest absolute Gasteiger partial charge is 0.262 e. The van der Waals surface area contributed by atoms with E-state index in [1.807, 2.05) is 36.4 Å². The van der Waals surface area contributed by atoms with Crippen LogP contribution in [0.4, 0.5) is 5.69 Å². The Morgan fingerprint density at radius 1 is 0.952 bits per heavy atom. The average Bonchev–Trinajstić information content (AvgIpc) is 3.14. The number of nitrogens with zero attached hydrogens (tertiary/aromatic N) is 2. The van der Waals surface area contributed by atoms with E-state index in [4.69, 9.17) is 14.7 Å². The van der Waals surface area contributed by atoms with E-state index in [1.54, 1.807) is 18.4 Å². The summed E-state index contributed by atoms with van der Waals surface area (Å²) in [7, 11) is 0. The van der Waals surface area contributed by atoms with Gasteiger partial charge in [-0.05, 0) is 30.3 Å². The second-order valence-corrected chi connectivity index (χ2v) is 4.69. The molecule has 2 heterocycles. The molecule has 2 aromatic heterocycles. The number of aromatic nitrogens is 2. The Morgan fingerprint density at radius 2 is 1.76 bits per heavy atom.